The highest BCUT2D eigenvalue weighted by Gasteiger charge is 2.16. The fourth-order valence-corrected chi connectivity index (χ4v) is 3.27. The Bertz CT molecular complexity index is 800. The summed E-state index contributed by atoms with van der Waals surface area (Å²) in [5.74, 6) is 0.648. The summed E-state index contributed by atoms with van der Waals surface area (Å²) >= 11 is 0. The Hall–Kier alpha value is -2.37. The topological polar surface area (TPSA) is 50.8 Å². The fraction of sp³-hybridized carbons (Fsp3) is 0.435. The normalized spacial score (nSPS) is 15.8. The van der Waals surface area contributed by atoms with Crippen LogP contribution in [0.15, 0.2) is 42.5 Å². The first kappa shape index (κ1) is 20.4. The van der Waals surface area contributed by atoms with Gasteiger partial charge in [-0.2, -0.15) is 0 Å². The first-order chi connectivity index (χ1) is 13.5. The molecule has 1 amide bonds. The summed E-state index contributed by atoms with van der Waals surface area (Å²) in [6, 6.07) is 14.4. The Kier molecular flexibility index (Phi) is 7.06. The van der Waals surface area contributed by atoms with Gasteiger partial charge < -0.3 is 14.8 Å². The van der Waals surface area contributed by atoms with Crippen LogP contribution in [0.1, 0.15) is 29.2 Å². The molecule has 1 saturated heterocycles. The summed E-state index contributed by atoms with van der Waals surface area (Å²) in [7, 11) is 0. The summed E-state index contributed by atoms with van der Waals surface area (Å²) in [5, 5.41) is 2.99. The van der Waals surface area contributed by atoms with Crippen molar-refractivity contribution in [2.24, 2.45) is 0 Å². The molecule has 2 aromatic rings. The number of hydrogen-bond donors (Lipinski definition) is 1. The van der Waals surface area contributed by atoms with Crippen molar-refractivity contribution in [3.05, 3.63) is 64.7 Å². The number of aryl methyl sites for hydroxylation is 2. The van der Waals surface area contributed by atoms with Crippen LogP contribution >= 0.6 is 0 Å². The molecule has 3 rings (SSSR count). The van der Waals surface area contributed by atoms with E-state index in [1.807, 2.05) is 44.2 Å². The molecule has 1 heterocycles. The molecule has 1 N–H and O–H groups in total. The lowest BCUT2D eigenvalue weighted by Gasteiger charge is -2.26. The second-order valence-electron chi connectivity index (χ2n) is 7.46. The lowest BCUT2D eigenvalue weighted by molar-refractivity contribution is -0.127. The molecule has 1 atom stereocenters. The molecule has 0 aliphatic carbocycles. The molecule has 5 nitrogen and oxygen atoms in total. The van der Waals surface area contributed by atoms with Gasteiger partial charge in [0.2, 0.25) is 0 Å². The maximum atomic E-state index is 12.5. The number of carbonyl (C=O) groups is 1. The maximum absolute atomic E-state index is 12.5. The van der Waals surface area contributed by atoms with Crippen LogP contribution in [-0.4, -0.2) is 43.2 Å². The van der Waals surface area contributed by atoms with Crippen molar-refractivity contribution in [3.63, 3.8) is 0 Å². The number of ether oxygens (including phenoxy) is 2. The molecule has 1 fully saturated rings. The van der Waals surface area contributed by atoms with Gasteiger partial charge in [-0.1, -0.05) is 36.4 Å². The maximum Gasteiger partial charge on any atom is 0.261 e. The minimum Gasteiger partial charge on any atom is -0.481 e. The van der Waals surface area contributed by atoms with Crippen LogP contribution in [0, 0.1) is 13.8 Å². The average Bonchev–Trinajstić information content (AvgIpc) is 2.70. The molecule has 1 aliphatic heterocycles. The molecule has 5 heteroatoms. The summed E-state index contributed by atoms with van der Waals surface area (Å²) in [4.78, 5) is 14.9. The van der Waals surface area contributed by atoms with E-state index in [2.05, 4.69) is 22.3 Å². The number of carbonyl (C=O) groups excluding carboxylic acids is 1. The molecule has 0 unspecified atom stereocenters. The highest BCUT2D eigenvalue weighted by molar-refractivity contribution is 5.80. The van der Waals surface area contributed by atoms with Gasteiger partial charge in [-0.25, -0.2) is 0 Å². The minimum atomic E-state index is -0.544. The van der Waals surface area contributed by atoms with Crippen LogP contribution in [0.2, 0.25) is 0 Å². The second-order valence-corrected chi connectivity index (χ2v) is 7.46. The average molecular weight is 383 g/mol. The van der Waals surface area contributed by atoms with Crippen molar-refractivity contribution in [1.82, 2.24) is 10.2 Å². The highest BCUT2D eigenvalue weighted by atomic mass is 16.5. The third-order valence-electron chi connectivity index (χ3n) is 4.98. The van der Waals surface area contributed by atoms with Gasteiger partial charge in [-0.05, 0) is 49.1 Å². The Morgan fingerprint density at radius 1 is 1.14 bits per heavy atom. The van der Waals surface area contributed by atoms with Crippen LogP contribution in [0.4, 0.5) is 0 Å². The van der Waals surface area contributed by atoms with E-state index in [1.165, 1.54) is 5.56 Å². The van der Waals surface area contributed by atoms with Crippen LogP contribution < -0.4 is 10.1 Å². The second kappa shape index (κ2) is 9.71. The Balaban J connectivity index is 1.52. The van der Waals surface area contributed by atoms with E-state index in [1.54, 1.807) is 6.92 Å². The molecular formula is C23H30N2O3. The lowest BCUT2D eigenvalue weighted by Crippen LogP contribution is -2.36. The Labute approximate surface area is 167 Å². The molecule has 0 radical (unpaired) electrons. The SMILES string of the molecule is Cc1ccc(C)c(O[C@@H](C)C(=O)NCc2cccc(CN3CCOCC3)c2)c1. The van der Waals surface area contributed by atoms with Crippen molar-refractivity contribution in [2.75, 3.05) is 26.3 Å². The number of hydrogen-bond acceptors (Lipinski definition) is 4. The molecule has 0 aromatic heterocycles. The summed E-state index contributed by atoms with van der Waals surface area (Å²) in [5.41, 5.74) is 4.50. The van der Waals surface area contributed by atoms with Crippen LogP contribution in [0.3, 0.4) is 0 Å². The van der Waals surface area contributed by atoms with E-state index in [9.17, 15) is 4.79 Å². The van der Waals surface area contributed by atoms with Gasteiger partial charge in [-0.15, -0.1) is 0 Å². The first-order valence-corrected chi connectivity index (χ1v) is 9.91. The fourth-order valence-electron chi connectivity index (χ4n) is 3.27. The summed E-state index contributed by atoms with van der Waals surface area (Å²) in [6.07, 6.45) is -0.544. The van der Waals surface area contributed by atoms with Gasteiger partial charge in [0.1, 0.15) is 5.75 Å². The quantitative estimate of drug-likeness (QED) is 0.799. The molecule has 0 bridgehead atoms. The predicted molar refractivity (Wildman–Crippen MR) is 110 cm³/mol. The number of morpholine rings is 1. The number of amides is 1. The number of benzene rings is 2. The molecule has 0 saturated carbocycles. The predicted octanol–water partition coefficient (Wildman–Crippen LogP) is 3.22. The molecule has 1 aliphatic rings. The van der Waals surface area contributed by atoms with Gasteiger partial charge in [0, 0.05) is 26.2 Å². The van der Waals surface area contributed by atoms with Gasteiger partial charge >= 0.3 is 0 Å². The van der Waals surface area contributed by atoms with E-state index in [4.69, 9.17) is 9.47 Å². The molecular weight excluding hydrogens is 352 g/mol. The third-order valence-corrected chi connectivity index (χ3v) is 4.98. The zero-order valence-electron chi connectivity index (χ0n) is 17.0. The van der Waals surface area contributed by atoms with E-state index >= 15 is 0 Å². The van der Waals surface area contributed by atoms with Gasteiger partial charge in [0.25, 0.3) is 5.91 Å². The van der Waals surface area contributed by atoms with Gasteiger partial charge in [-0.3, -0.25) is 9.69 Å². The Morgan fingerprint density at radius 2 is 1.89 bits per heavy atom. The number of rotatable bonds is 7. The molecule has 150 valence electrons. The van der Waals surface area contributed by atoms with E-state index in [0.717, 1.165) is 55.3 Å². The third kappa shape index (κ3) is 5.81. The molecule has 0 spiro atoms. The summed E-state index contributed by atoms with van der Waals surface area (Å²) in [6.45, 7) is 10.7. The van der Waals surface area contributed by atoms with Gasteiger partial charge in [0.05, 0.1) is 13.2 Å². The zero-order chi connectivity index (χ0) is 19.9. The van der Waals surface area contributed by atoms with Crippen molar-refractivity contribution >= 4 is 5.91 Å². The van der Waals surface area contributed by atoms with E-state index in [0.29, 0.717) is 6.54 Å². The van der Waals surface area contributed by atoms with Crippen molar-refractivity contribution in [3.8, 4) is 5.75 Å². The van der Waals surface area contributed by atoms with Crippen molar-refractivity contribution in [1.29, 1.82) is 0 Å². The van der Waals surface area contributed by atoms with E-state index in [-0.39, 0.29) is 5.91 Å². The number of nitrogens with zero attached hydrogens (tertiary/aromatic N) is 1. The monoisotopic (exact) mass is 382 g/mol. The summed E-state index contributed by atoms with van der Waals surface area (Å²) < 4.78 is 11.3. The largest absolute Gasteiger partial charge is 0.481 e. The van der Waals surface area contributed by atoms with Crippen molar-refractivity contribution < 1.29 is 14.3 Å². The minimum absolute atomic E-state index is 0.112. The molecule has 28 heavy (non-hydrogen) atoms. The lowest BCUT2D eigenvalue weighted by atomic mass is 10.1. The standard InChI is InChI=1S/C23H30N2O3/c1-17-7-8-18(2)22(13-17)28-19(3)23(26)24-15-20-5-4-6-21(14-20)16-25-9-11-27-12-10-25/h4-8,13-14,19H,9-12,15-16H2,1-3H3,(H,24,26)/t19-/m0/s1. The van der Waals surface area contributed by atoms with Crippen LogP contribution in [0.25, 0.3) is 0 Å². The van der Waals surface area contributed by atoms with Crippen LogP contribution in [0.5, 0.6) is 5.75 Å². The van der Waals surface area contributed by atoms with Gasteiger partial charge in [0.15, 0.2) is 6.10 Å². The zero-order valence-corrected chi connectivity index (χ0v) is 17.0. The van der Waals surface area contributed by atoms with Crippen molar-refractivity contribution in [2.45, 2.75) is 40.0 Å². The Morgan fingerprint density at radius 3 is 2.68 bits per heavy atom. The first-order valence-electron chi connectivity index (χ1n) is 9.91. The highest BCUT2D eigenvalue weighted by Crippen LogP contribution is 2.20. The number of nitrogens with one attached hydrogen (secondary N) is 1. The van der Waals surface area contributed by atoms with Crippen LogP contribution in [-0.2, 0) is 22.6 Å². The smallest absolute Gasteiger partial charge is 0.261 e. The van der Waals surface area contributed by atoms with E-state index < -0.39 is 6.10 Å². The molecule has 2 aromatic carbocycles.